The number of nitrogens with two attached hydrogens (primary N) is 1. The molecule has 0 aromatic carbocycles. The maximum Gasteiger partial charge on any atom is 0.223 e. The Morgan fingerprint density at radius 3 is 2.76 bits per heavy atom. The number of nitrogens with zero attached hydrogens (tertiary/aromatic N) is 1. The van der Waals surface area contributed by atoms with Crippen molar-refractivity contribution in [3.8, 4) is 0 Å². The van der Waals surface area contributed by atoms with E-state index in [2.05, 4.69) is 13.8 Å². The monoisotopic (exact) mass is 242 g/mol. The second-order valence-corrected chi connectivity index (χ2v) is 5.45. The van der Waals surface area contributed by atoms with Crippen molar-refractivity contribution in [3.05, 3.63) is 0 Å². The summed E-state index contributed by atoms with van der Waals surface area (Å²) in [5.74, 6) is 1.15. The lowest BCUT2D eigenvalue weighted by Crippen LogP contribution is -2.47. The number of hydrogen-bond acceptors (Lipinski definition) is 3. The van der Waals surface area contributed by atoms with Crippen LogP contribution in [-0.2, 0) is 9.53 Å². The molecule has 0 saturated carbocycles. The Hall–Kier alpha value is -0.610. The van der Waals surface area contributed by atoms with Crippen LogP contribution in [0, 0.1) is 11.8 Å². The molecule has 4 nitrogen and oxygen atoms in total. The SMILES string of the molecule is CC(C)CC(CN)CC(=O)N1CCOCC1C. The zero-order valence-electron chi connectivity index (χ0n) is 11.3. The van der Waals surface area contributed by atoms with Crippen molar-refractivity contribution in [2.45, 2.75) is 39.7 Å². The zero-order valence-corrected chi connectivity index (χ0v) is 11.3. The molecule has 1 heterocycles. The normalized spacial score (nSPS) is 22.9. The molecule has 1 aliphatic rings. The summed E-state index contributed by atoms with van der Waals surface area (Å²) in [7, 11) is 0. The van der Waals surface area contributed by atoms with E-state index < -0.39 is 0 Å². The van der Waals surface area contributed by atoms with Gasteiger partial charge in [0.25, 0.3) is 0 Å². The lowest BCUT2D eigenvalue weighted by Gasteiger charge is -2.34. The van der Waals surface area contributed by atoms with Crippen LogP contribution < -0.4 is 5.73 Å². The molecular weight excluding hydrogens is 216 g/mol. The molecule has 1 saturated heterocycles. The van der Waals surface area contributed by atoms with Gasteiger partial charge in [-0.15, -0.1) is 0 Å². The van der Waals surface area contributed by atoms with Crippen LogP contribution in [0.5, 0.6) is 0 Å². The highest BCUT2D eigenvalue weighted by molar-refractivity contribution is 5.76. The third-order valence-corrected chi connectivity index (χ3v) is 3.29. The van der Waals surface area contributed by atoms with Crippen molar-refractivity contribution in [1.82, 2.24) is 4.90 Å². The molecule has 17 heavy (non-hydrogen) atoms. The highest BCUT2D eigenvalue weighted by Gasteiger charge is 2.25. The first-order valence-electron chi connectivity index (χ1n) is 6.61. The molecule has 1 fully saturated rings. The third kappa shape index (κ3) is 4.64. The molecule has 0 aromatic heterocycles. The second-order valence-electron chi connectivity index (χ2n) is 5.45. The Labute approximate surface area is 104 Å². The van der Waals surface area contributed by atoms with Gasteiger partial charge in [-0.05, 0) is 31.7 Å². The molecule has 0 aromatic rings. The summed E-state index contributed by atoms with van der Waals surface area (Å²) in [5, 5.41) is 0. The highest BCUT2D eigenvalue weighted by atomic mass is 16.5. The van der Waals surface area contributed by atoms with Crippen LogP contribution >= 0.6 is 0 Å². The smallest absolute Gasteiger partial charge is 0.223 e. The van der Waals surface area contributed by atoms with Crippen molar-refractivity contribution in [2.75, 3.05) is 26.3 Å². The predicted molar refractivity (Wildman–Crippen MR) is 68.6 cm³/mol. The van der Waals surface area contributed by atoms with Gasteiger partial charge in [0.1, 0.15) is 0 Å². The fourth-order valence-electron chi connectivity index (χ4n) is 2.39. The lowest BCUT2D eigenvalue weighted by molar-refractivity contribution is -0.140. The van der Waals surface area contributed by atoms with E-state index in [-0.39, 0.29) is 11.9 Å². The lowest BCUT2D eigenvalue weighted by atomic mass is 9.93. The molecule has 4 heteroatoms. The number of carbonyl (C=O) groups excluding carboxylic acids is 1. The number of morpholine rings is 1. The van der Waals surface area contributed by atoms with E-state index in [1.54, 1.807) is 0 Å². The minimum absolute atomic E-state index is 0.203. The van der Waals surface area contributed by atoms with Gasteiger partial charge in [-0.1, -0.05) is 13.8 Å². The summed E-state index contributed by atoms with van der Waals surface area (Å²) in [5.41, 5.74) is 5.74. The van der Waals surface area contributed by atoms with Gasteiger partial charge in [-0.25, -0.2) is 0 Å². The minimum atomic E-state index is 0.203. The first-order valence-corrected chi connectivity index (χ1v) is 6.61. The number of hydrogen-bond donors (Lipinski definition) is 1. The molecule has 0 bridgehead atoms. The molecule has 1 amide bonds. The van der Waals surface area contributed by atoms with E-state index >= 15 is 0 Å². The summed E-state index contributed by atoms with van der Waals surface area (Å²) in [6.45, 7) is 9.02. The summed E-state index contributed by atoms with van der Waals surface area (Å²) in [4.78, 5) is 14.1. The van der Waals surface area contributed by atoms with Crippen molar-refractivity contribution in [2.24, 2.45) is 17.6 Å². The number of rotatable bonds is 5. The molecule has 2 atom stereocenters. The average Bonchev–Trinajstić information content (AvgIpc) is 2.27. The topological polar surface area (TPSA) is 55.6 Å². The third-order valence-electron chi connectivity index (χ3n) is 3.29. The first kappa shape index (κ1) is 14.5. The molecular formula is C13H26N2O2. The summed E-state index contributed by atoms with van der Waals surface area (Å²) < 4.78 is 5.34. The Kier molecular flexibility index (Phi) is 5.92. The van der Waals surface area contributed by atoms with Gasteiger partial charge in [0.05, 0.1) is 19.3 Å². The Morgan fingerprint density at radius 1 is 1.53 bits per heavy atom. The molecule has 0 aliphatic carbocycles. The second kappa shape index (κ2) is 6.97. The molecule has 2 unspecified atom stereocenters. The van der Waals surface area contributed by atoms with Crippen LogP contribution in [0.1, 0.15) is 33.6 Å². The van der Waals surface area contributed by atoms with Crippen molar-refractivity contribution in [1.29, 1.82) is 0 Å². The van der Waals surface area contributed by atoms with Gasteiger partial charge >= 0.3 is 0 Å². The van der Waals surface area contributed by atoms with Gasteiger partial charge in [-0.2, -0.15) is 0 Å². The van der Waals surface area contributed by atoms with Crippen molar-refractivity contribution < 1.29 is 9.53 Å². The largest absolute Gasteiger partial charge is 0.377 e. The summed E-state index contributed by atoms with van der Waals surface area (Å²) >= 11 is 0. The van der Waals surface area contributed by atoms with Gasteiger partial charge in [-0.3, -0.25) is 4.79 Å². The Balaban J connectivity index is 2.45. The number of amides is 1. The molecule has 1 aliphatic heterocycles. The fraction of sp³-hybridized carbons (Fsp3) is 0.923. The maximum absolute atomic E-state index is 12.2. The van der Waals surface area contributed by atoms with E-state index in [0.717, 1.165) is 13.0 Å². The van der Waals surface area contributed by atoms with Crippen LogP contribution in [0.3, 0.4) is 0 Å². The highest BCUT2D eigenvalue weighted by Crippen LogP contribution is 2.17. The summed E-state index contributed by atoms with van der Waals surface area (Å²) in [6.07, 6.45) is 1.61. The van der Waals surface area contributed by atoms with Crippen LogP contribution in [0.2, 0.25) is 0 Å². The van der Waals surface area contributed by atoms with Gasteiger partial charge in [0, 0.05) is 13.0 Å². The van der Waals surface area contributed by atoms with Crippen molar-refractivity contribution in [3.63, 3.8) is 0 Å². The maximum atomic E-state index is 12.2. The van der Waals surface area contributed by atoms with E-state index in [1.165, 1.54) is 0 Å². The van der Waals surface area contributed by atoms with Crippen LogP contribution in [-0.4, -0.2) is 43.2 Å². The summed E-state index contributed by atoms with van der Waals surface area (Å²) in [6, 6.07) is 0.203. The quantitative estimate of drug-likeness (QED) is 0.789. The van der Waals surface area contributed by atoms with E-state index in [4.69, 9.17) is 10.5 Å². The van der Waals surface area contributed by atoms with Crippen molar-refractivity contribution >= 4 is 5.91 Å². The number of carbonyl (C=O) groups is 1. The van der Waals surface area contributed by atoms with E-state index in [0.29, 0.717) is 38.0 Å². The Morgan fingerprint density at radius 2 is 2.24 bits per heavy atom. The van der Waals surface area contributed by atoms with Gasteiger partial charge in [0.2, 0.25) is 5.91 Å². The fourth-order valence-corrected chi connectivity index (χ4v) is 2.39. The minimum Gasteiger partial charge on any atom is -0.377 e. The molecule has 0 spiro atoms. The van der Waals surface area contributed by atoms with Crippen LogP contribution in [0.4, 0.5) is 0 Å². The molecule has 0 radical (unpaired) electrons. The average molecular weight is 242 g/mol. The van der Waals surface area contributed by atoms with Crippen LogP contribution in [0.25, 0.3) is 0 Å². The van der Waals surface area contributed by atoms with Crippen LogP contribution in [0.15, 0.2) is 0 Å². The predicted octanol–water partition coefficient (Wildman–Crippen LogP) is 1.24. The zero-order chi connectivity index (χ0) is 12.8. The molecule has 1 rings (SSSR count). The van der Waals surface area contributed by atoms with Gasteiger partial charge in [0.15, 0.2) is 0 Å². The molecule has 2 N–H and O–H groups in total. The Bertz CT molecular complexity index is 244. The van der Waals surface area contributed by atoms with Gasteiger partial charge < -0.3 is 15.4 Å². The molecule has 100 valence electrons. The first-order chi connectivity index (χ1) is 8.04. The number of ether oxygens (including phenoxy) is 1. The standard InChI is InChI=1S/C13H26N2O2/c1-10(2)6-12(8-14)7-13(16)15-4-5-17-9-11(15)3/h10-12H,4-9,14H2,1-3H3. The van der Waals surface area contributed by atoms with E-state index in [1.807, 2.05) is 11.8 Å². The van der Waals surface area contributed by atoms with E-state index in [9.17, 15) is 4.79 Å².